The van der Waals surface area contributed by atoms with E-state index in [0.717, 1.165) is 24.3 Å². The van der Waals surface area contributed by atoms with E-state index in [1.165, 1.54) is 46.0 Å². The largest absolute Gasteiger partial charge is 0.459 e. The second kappa shape index (κ2) is 13.7. The summed E-state index contributed by atoms with van der Waals surface area (Å²) in [5.41, 5.74) is -0.307. The third-order valence-corrected chi connectivity index (χ3v) is 16.7. The molecule has 53 heavy (non-hydrogen) atoms. The molecule has 0 heterocycles. The van der Waals surface area contributed by atoms with Crippen LogP contribution in [0.15, 0.2) is 34.4 Å². The summed E-state index contributed by atoms with van der Waals surface area (Å²) in [6.45, 7) is 21.7. The van der Waals surface area contributed by atoms with Crippen LogP contribution in [-0.2, 0) is 14.3 Å². The van der Waals surface area contributed by atoms with Gasteiger partial charge in [0.15, 0.2) is 5.78 Å². The second-order valence-corrected chi connectivity index (χ2v) is 19.7. The van der Waals surface area contributed by atoms with Crippen LogP contribution in [0.1, 0.15) is 140 Å². The molecular formula is C44H70O9. The minimum absolute atomic E-state index is 0. The Morgan fingerprint density at radius 1 is 0.849 bits per heavy atom. The number of Topliss-reactive ketones (excluding diaryl/α,β-unsaturated/α-hetero) is 1. The van der Waals surface area contributed by atoms with Gasteiger partial charge in [0.05, 0.1) is 29.8 Å². The zero-order valence-corrected chi connectivity index (χ0v) is 33.1. The van der Waals surface area contributed by atoms with Crippen LogP contribution in [0.2, 0.25) is 0 Å². The fraction of sp³-hybridized carbons (Fsp3) is 0.818. The van der Waals surface area contributed by atoms with Crippen molar-refractivity contribution in [3.8, 4) is 0 Å². The van der Waals surface area contributed by atoms with Crippen LogP contribution in [0.25, 0.3) is 0 Å². The predicted octanol–water partition coefficient (Wildman–Crippen LogP) is 6.12. The van der Waals surface area contributed by atoms with Gasteiger partial charge in [-0.1, -0.05) is 59.8 Å². The van der Waals surface area contributed by atoms with Gasteiger partial charge in [-0.2, -0.15) is 0 Å². The number of esters is 1. The van der Waals surface area contributed by atoms with E-state index in [-0.39, 0.29) is 37.9 Å². The van der Waals surface area contributed by atoms with Gasteiger partial charge in [-0.3, -0.25) is 9.59 Å². The molecule has 1 unspecified atom stereocenters. The molecule has 7 rings (SSSR count). The van der Waals surface area contributed by atoms with Crippen LogP contribution < -0.4 is 0 Å². The number of ketones is 1. The number of carbonyl (C=O) groups is 2. The Morgan fingerprint density at radius 2 is 1.49 bits per heavy atom. The first-order valence-electron chi connectivity index (χ1n) is 19.9. The van der Waals surface area contributed by atoms with Crippen LogP contribution in [-0.4, -0.2) is 84.1 Å². The first kappa shape index (κ1) is 42.3. The standard InChI is InChI=1S/C23H34O8.C20H32O.CH4/c1-10-13(25)9-23(30)19(29)17-21(5,18(28)16(27)15(10)20(23,3)4)14(26)8-12-6-7-22(12,17)31-11(2)24;1-13-6-7-15-12-17-14(2)18(21)9-11-20(17,5)10-8-16(13)19(15,3)4;/h12-14,16-17,19,25-27,29-30H,6-9H2,1-5H3;15,17-18,21H,2,6-12H2,1,3-5H3;1H4/t12-,13+,14+,16-,17+,19+,21-,22+,23-;15-,17+,18?,20+;/m10./s1. The van der Waals surface area contributed by atoms with Gasteiger partial charge in [0.1, 0.15) is 17.3 Å². The molecule has 0 radical (unpaired) electrons. The average Bonchev–Trinajstić information content (AvgIpc) is 3.04. The summed E-state index contributed by atoms with van der Waals surface area (Å²) in [6, 6.07) is 0. The molecule has 0 saturated heterocycles. The van der Waals surface area contributed by atoms with E-state index in [1.54, 1.807) is 31.9 Å². The number of aliphatic hydroxyl groups excluding tert-OH is 5. The predicted molar refractivity (Wildman–Crippen MR) is 204 cm³/mol. The lowest BCUT2D eigenvalue weighted by Gasteiger charge is -2.67. The van der Waals surface area contributed by atoms with Crippen molar-refractivity contribution in [1.29, 1.82) is 0 Å². The molecule has 9 heteroatoms. The van der Waals surface area contributed by atoms with Crippen molar-refractivity contribution in [3.63, 3.8) is 0 Å². The molecule has 6 N–H and O–H groups in total. The summed E-state index contributed by atoms with van der Waals surface area (Å²) in [7, 11) is 0. The highest BCUT2D eigenvalue weighted by molar-refractivity contribution is 5.93. The van der Waals surface area contributed by atoms with Crippen LogP contribution in [0.3, 0.4) is 0 Å². The molecule has 300 valence electrons. The lowest BCUT2D eigenvalue weighted by atomic mass is 9.41. The van der Waals surface area contributed by atoms with Gasteiger partial charge >= 0.3 is 5.97 Å². The summed E-state index contributed by atoms with van der Waals surface area (Å²) in [4.78, 5) is 25.9. The summed E-state index contributed by atoms with van der Waals surface area (Å²) in [5, 5.41) is 67.0. The third-order valence-electron chi connectivity index (χ3n) is 16.7. The van der Waals surface area contributed by atoms with E-state index in [9.17, 15) is 40.2 Å². The number of allylic oxidation sites excluding steroid dienone is 2. The Morgan fingerprint density at radius 3 is 2.08 bits per heavy atom. The van der Waals surface area contributed by atoms with E-state index in [4.69, 9.17) is 4.74 Å². The van der Waals surface area contributed by atoms with Gasteiger partial charge in [-0.25, -0.2) is 0 Å². The lowest BCUT2D eigenvalue weighted by Crippen LogP contribution is -2.78. The van der Waals surface area contributed by atoms with Gasteiger partial charge in [0.25, 0.3) is 0 Å². The molecule has 5 saturated carbocycles. The number of fused-ring (bicyclic) bond motifs is 8. The van der Waals surface area contributed by atoms with E-state index in [0.29, 0.717) is 35.2 Å². The number of carbonyl (C=O) groups excluding carboxylic acids is 2. The highest BCUT2D eigenvalue weighted by Gasteiger charge is 2.75. The Kier molecular flexibility index (Phi) is 10.9. The Labute approximate surface area is 318 Å². The zero-order chi connectivity index (χ0) is 38.7. The monoisotopic (exact) mass is 743 g/mol. The quantitative estimate of drug-likeness (QED) is 0.137. The smallest absolute Gasteiger partial charge is 0.303 e. The zero-order valence-electron chi connectivity index (χ0n) is 33.1. The van der Waals surface area contributed by atoms with E-state index in [2.05, 4.69) is 34.3 Å². The van der Waals surface area contributed by atoms with Gasteiger partial charge in [0, 0.05) is 30.6 Å². The van der Waals surface area contributed by atoms with Gasteiger partial charge in [0.2, 0.25) is 0 Å². The lowest BCUT2D eigenvalue weighted by molar-refractivity contribution is -0.296. The second-order valence-electron chi connectivity index (χ2n) is 19.7. The molecule has 0 aliphatic heterocycles. The first-order valence-corrected chi connectivity index (χ1v) is 19.9. The number of ether oxygens (including phenoxy) is 1. The van der Waals surface area contributed by atoms with Crippen molar-refractivity contribution in [3.05, 3.63) is 34.4 Å². The number of hydrogen-bond donors (Lipinski definition) is 6. The fourth-order valence-corrected chi connectivity index (χ4v) is 12.9. The molecule has 5 fully saturated rings. The third kappa shape index (κ3) is 5.91. The Balaban J connectivity index is 0.000000215. The van der Waals surface area contributed by atoms with Crippen molar-refractivity contribution < 1.29 is 45.0 Å². The summed E-state index contributed by atoms with van der Waals surface area (Å²) in [6.07, 6.45) is 3.55. The number of hydrogen-bond acceptors (Lipinski definition) is 9. The van der Waals surface area contributed by atoms with Crippen molar-refractivity contribution in [2.24, 2.45) is 45.3 Å². The molecule has 0 amide bonds. The maximum Gasteiger partial charge on any atom is 0.303 e. The highest BCUT2D eigenvalue weighted by atomic mass is 16.6. The summed E-state index contributed by atoms with van der Waals surface area (Å²) < 4.78 is 5.78. The van der Waals surface area contributed by atoms with Gasteiger partial charge in [-0.15, -0.1) is 0 Å². The molecule has 0 aromatic carbocycles. The van der Waals surface area contributed by atoms with Crippen molar-refractivity contribution in [2.75, 3.05) is 0 Å². The van der Waals surface area contributed by atoms with Crippen molar-refractivity contribution in [2.45, 2.75) is 182 Å². The molecule has 4 bridgehead atoms. The fourth-order valence-electron chi connectivity index (χ4n) is 12.9. The van der Waals surface area contributed by atoms with Gasteiger partial charge < -0.3 is 35.4 Å². The molecule has 13 atom stereocenters. The SMILES string of the molecule is C.C=C1C(O)CC[C@@]2(C)CCC3=C(C)CC[C@@H](C[C@H]12)C3(C)C.CC(=O)O[C@@]12CC[C@@H]1C[C@H](O)[C@@]1(C)C(=O)[C@H](O)C3=C(C)[C@@H](O)C[C@@](O)([C@@H](O)[C@H]21)C3(C)C. The van der Waals surface area contributed by atoms with Crippen LogP contribution in [0.4, 0.5) is 0 Å². The Hall–Kier alpha value is -1.88. The molecule has 7 aliphatic carbocycles. The minimum Gasteiger partial charge on any atom is -0.459 e. The van der Waals surface area contributed by atoms with Crippen LogP contribution in [0.5, 0.6) is 0 Å². The summed E-state index contributed by atoms with van der Waals surface area (Å²) in [5.74, 6) is -1.42. The average molecular weight is 743 g/mol. The molecule has 0 aromatic heterocycles. The topological polar surface area (TPSA) is 165 Å². The molecule has 9 nitrogen and oxygen atoms in total. The summed E-state index contributed by atoms with van der Waals surface area (Å²) >= 11 is 0. The van der Waals surface area contributed by atoms with Crippen LogP contribution in [0, 0.1) is 45.3 Å². The van der Waals surface area contributed by atoms with Gasteiger partial charge in [-0.05, 0) is 124 Å². The first-order chi connectivity index (χ1) is 23.9. The Bertz CT molecular complexity index is 1570. The van der Waals surface area contributed by atoms with Crippen molar-refractivity contribution >= 4 is 11.8 Å². The molecular weight excluding hydrogens is 672 g/mol. The number of rotatable bonds is 1. The maximum absolute atomic E-state index is 13.8. The number of aliphatic hydroxyl groups is 6. The van der Waals surface area contributed by atoms with E-state index in [1.807, 2.05) is 0 Å². The molecule has 0 aromatic rings. The molecule has 0 spiro atoms. The van der Waals surface area contributed by atoms with Crippen LogP contribution >= 0.6 is 0 Å². The normalized spacial score (nSPS) is 47.0. The maximum atomic E-state index is 13.8. The molecule has 7 aliphatic rings. The van der Waals surface area contributed by atoms with Crippen molar-refractivity contribution in [1.82, 2.24) is 0 Å². The highest BCUT2D eigenvalue weighted by Crippen LogP contribution is 2.66. The minimum atomic E-state index is -1.93. The van der Waals surface area contributed by atoms with E-state index < -0.39 is 64.1 Å². The van der Waals surface area contributed by atoms with E-state index >= 15 is 0 Å².